The Bertz CT molecular complexity index is 2980. The molecule has 0 bridgehead atoms. The van der Waals surface area contributed by atoms with Gasteiger partial charge in [0, 0.05) is 34.0 Å². The summed E-state index contributed by atoms with van der Waals surface area (Å²) in [6, 6.07) is 12.5. The van der Waals surface area contributed by atoms with Crippen molar-refractivity contribution in [2.75, 3.05) is 21.7 Å². The summed E-state index contributed by atoms with van der Waals surface area (Å²) in [5.74, 6) is -2.76. The number of aromatic nitrogens is 3. The van der Waals surface area contributed by atoms with Crippen molar-refractivity contribution >= 4 is 96.9 Å². The van der Waals surface area contributed by atoms with Crippen molar-refractivity contribution in [1.29, 1.82) is 0 Å². The van der Waals surface area contributed by atoms with Crippen LogP contribution in [0.4, 0.5) is 44.7 Å². The average Bonchev–Trinajstić information content (AvgIpc) is 3.13. The lowest BCUT2D eigenvalue weighted by Crippen LogP contribution is -2.13. The molecule has 0 saturated heterocycles. The number of fused-ring (bicyclic) bond motifs is 1. The van der Waals surface area contributed by atoms with Crippen molar-refractivity contribution in [3.8, 4) is 5.75 Å². The standard InChI is InChI=1S/C33H29FN8O12S4/c1-3-55(45,46)14-6-9-28(43)35-21-11-13-27(58(52,53)54)25(17-21)42-41-24-12-10-19-15-23(57(49,50)51)18-26(29(19)30(24)44)37-33-39-31(34)38-32(40-33)36-20-7-5-8-22(16-20)56(47,48)4-2/h3-5,7-8,10-13,15-18,44H,1-2,6,9,14H2,(H,35,43)(H,49,50,51)(H,52,53,54)(H2,36,37,38,39,40)/b42-41+. The van der Waals surface area contributed by atoms with Crippen LogP contribution in [0.1, 0.15) is 12.8 Å². The van der Waals surface area contributed by atoms with Crippen molar-refractivity contribution in [2.24, 2.45) is 10.2 Å². The summed E-state index contributed by atoms with van der Waals surface area (Å²) in [7, 11) is -17.3. The number of anilines is 5. The summed E-state index contributed by atoms with van der Waals surface area (Å²) in [4.78, 5) is 21.9. The van der Waals surface area contributed by atoms with Gasteiger partial charge < -0.3 is 21.1 Å². The predicted molar refractivity (Wildman–Crippen MR) is 208 cm³/mol. The fraction of sp³-hybridized carbons (Fsp3) is 0.0909. The zero-order valence-electron chi connectivity index (χ0n) is 29.3. The van der Waals surface area contributed by atoms with Crippen molar-refractivity contribution in [3.63, 3.8) is 0 Å². The van der Waals surface area contributed by atoms with E-state index in [-0.39, 0.29) is 57.0 Å². The van der Waals surface area contributed by atoms with Gasteiger partial charge in [0.05, 0.1) is 21.2 Å². The lowest BCUT2D eigenvalue weighted by atomic mass is 10.1. The Morgan fingerprint density at radius 2 is 1.45 bits per heavy atom. The molecule has 1 amide bonds. The minimum absolute atomic E-state index is 0.0298. The molecule has 1 aromatic heterocycles. The summed E-state index contributed by atoms with van der Waals surface area (Å²) in [5, 5.41) is 27.9. The topological polar surface area (TPSA) is 314 Å². The van der Waals surface area contributed by atoms with Gasteiger partial charge in [0.25, 0.3) is 20.2 Å². The van der Waals surface area contributed by atoms with E-state index in [1.54, 1.807) is 0 Å². The Labute approximate surface area is 329 Å². The summed E-state index contributed by atoms with van der Waals surface area (Å²) in [5.41, 5.74) is -1.18. The van der Waals surface area contributed by atoms with E-state index in [1.165, 1.54) is 30.3 Å². The number of rotatable bonds is 16. The molecule has 1 heterocycles. The minimum atomic E-state index is -4.94. The largest absolute Gasteiger partial charge is 0.505 e. The van der Waals surface area contributed by atoms with Gasteiger partial charge in [0.15, 0.2) is 25.4 Å². The maximum Gasteiger partial charge on any atom is 0.315 e. The number of nitrogens with one attached hydrogen (secondary N) is 3. The zero-order valence-corrected chi connectivity index (χ0v) is 32.6. The van der Waals surface area contributed by atoms with E-state index in [0.29, 0.717) is 0 Å². The highest BCUT2D eigenvalue weighted by atomic mass is 32.2. The second-order valence-electron chi connectivity index (χ2n) is 11.8. The molecule has 0 fully saturated rings. The molecular weight excluding hydrogens is 848 g/mol. The van der Waals surface area contributed by atoms with Gasteiger partial charge in [-0.05, 0) is 66.4 Å². The van der Waals surface area contributed by atoms with E-state index in [4.69, 9.17) is 0 Å². The molecule has 25 heteroatoms. The molecule has 0 spiro atoms. The summed E-state index contributed by atoms with van der Waals surface area (Å²) < 4.78 is 131. The van der Waals surface area contributed by atoms with Crippen LogP contribution in [0, 0.1) is 6.08 Å². The first kappa shape index (κ1) is 42.9. The van der Waals surface area contributed by atoms with Crippen molar-refractivity contribution in [3.05, 3.63) is 96.8 Å². The third kappa shape index (κ3) is 10.6. The molecule has 0 radical (unpaired) electrons. The quantitative estimate of drug-likeness (QED) is 0.0529. The number of phenolic OH excluding ortho intramolecular Hbond substituents is 1. The molecule has 6 N–H and O–H groups in total. The maximum absolute atomic E-state index is 14.7. The van der Waals surface area contributed by atoms with E-state index in [2.05, 4.69) is 54.3 Å². The molecule has 0 atom stereocenters. The Morgan fingerprint density at radius 3 is 2.10 bits per heavy atom. The van der Waals surface area contributed by atoms with E-state index >= 15 is 0 Å². The second-order valence-corrected chi connectivity index (χ2v) is 18.5. The number of carbonyl (C=O) groups excluding carboxylic acids is 1. The molecule has 5 rings (SSSR count). The van der Waals surface area contributed by atoms with E-state index < -0.39 is 85.0 Å². The second kappa shape index (κ2) is 16.7. The number of azo groups is 1. The molecule has 5 aromatic rings. The van der Waals surface area contributed by atoms with Crippen molar-refractivity contribution < 1.29 is 57.1 Å². The Kier molecular flexibility index (Phi) is 12.3. The predicted octanol–water partition coefficient (Wildman–Crippen LogP) is 5.46. The summed E-state index contributed by atoms with van der Waals surface area (Å²) in [6.07, 6.45) is -1.66. The Balaban J connectivity index is 1.52. The smallest absolute Gasteiger partial charge is 0.315 e. The number of phenols is 1. The zero-order chi connectivity index (χ0) is 42.6. The third-order valence-electron chi connectivity index (χ3n) is 7.71. The number of sulfone groups is 2. The van der Waals surface area contributed by atoms with Crippen molar-refractivity contribution in [2.45, 2.75) is 27.5 Å². The molecule has 0 unspecified atom stereocenters. The molecular formula is C33H29FN8O12S4. The van der Waals surface area contributed by atoms with Gasteiger partial charge in [-0.25, -0.2) is 16.8 Å². The van der Waals surface area contributed by atoms with Gasteiger partial charge in [0.1, 0.15) is 16.3 Å². The van der Waals surface area contributed by atoms with Gasteiger partial charge in [-0.3, -0.25) is 13.9 Å². The molecule has 0 aliphatic rings. The number of carbonyl (C=O) groups is 1. The minimum Gasteiger partial charge on any atom is -0.505 e. The molecule has 58 heavy (non-hydrogen) atoms. The van der Waals surface area contributed by atoms with E-state index in [0.717, 1.165) is 47.2 Å². The molecule has 0 saturated carbocycles. The molecule has 4 aromatic carbocycles. The lowest BCUT2D eigenvalue weighted by Gasteiger charge is -2.14. The Morgan fingerprint density at radius 1 is 0.759 bits per heavy atom. The van der Waals surface area contributed by atoms with Gasteiger partial charge in [-0.2, -0.15) is 36.2 Å². The number of hydrogen-bond acceptors (Lipinski definition) is 17. The van der Waals surface area contributed by atoms with Crippen LogP contribution >= 0.6 is 0 Å². The monoisotopic (exact) mass is 876 g/mol. The van der Waals surface area contributed by atoms with Crippen LogP contribution in [0.15, 0.2) is 116 Å². The number of aromatic hydroxyl groups is 1. The van der Waals surface area contributed by atoms with Crippen LogP contribution in [0.5, 0.6) is 5.75 Å². The summed E-state index contributed by atoms with van der Waals surface area (Å²) >= 11 is 0. The highest BCUT2D eigenvalue weighted by molar-refractivity contribution is 7.94. The lowest BCUT2D eigenvalue weighted by molar-refractivity contribution is -0.116. The van der Waals surface area contributed by atoms with Crippen LogP contribution in [0.2, 0.25) is 0 Å². The average molecular weight is 877 g/mol. The Hall–Kier alpha value is -6.25. The normalized spacial score (nSPS) is 12.3. The highest BCUT2D eigenvalue weighted by Crippen LogP contribution is 2.42. The number of nitrogens with zero attached hydrogens (tertiary/aromatic N) is 5. The molecule has 304 valence electrons. The van der Waals surface area contributed by atoms with E-state index in [1.807, 2.05) is 0 Å². The van der Waals surface area contributed by atoms with Crippen LogP contribution in [0.25, 0.3) is 10.8 Å². The first-order chi connectivity index (χ1) is 27.1. The number of halogens is 1. The van der Waals surface area contributed by atoms with E-state index in [9.17, 15) is 57.1 Å². The first-order valence-corrected chi connectivity index (χ1v) is 22.1. The fourth-order valence-corrected chi connectivity index (χ4v) is 7.65. The number of benzene rings is 4. The third-order valence-corrected chi connectivity index (χ3v) is 12.2. The SMILES string of the molecule is C=CS(=O)(=O)CCCC(=O)Nc1ccc(S(=O)(=O)O)c(/N=N/c2ccc3cc(S(=O)(=O)O)cc(Nc4nc(F)nc(Nc5cccc(S(=O)(=O)C=C)c5)n4)c3c2O)c1. The van der Waals surface area contributed by atoms with Gasteiger partial charge in [-0.1, -0.05) is 25.3 Å². The first-order valence-electron chi connectivity index (χ1n) is 16.0. The summed E-state index contributed by atoms with van der Waals surface area (Å²) in [6.45, 7) is 6.45. The molecule has 20 nitrogen and oxygen atoms in total. The maximum atomic E-state index is 14.7. The van der Waals surface area contributed by atoms with Crippen LogP contribution in [0.3, 0.4) is 0 Å². The van der Waals surface area contributed by atoms with Gasteiger partial charge in [0.2, 0.25) is 17.8 Å². The fourth-order valence-electron chi connectivity index (χ4n) is 5.04. The molecule has 0 aliphatic heterocycles. The van der Waals surface area contributed by atoms with Gasteiger partial charge >= 0.3 is 6.08 Å². The number of hydrogen-bond donors (Lipinski definition) is 6. The van der Waals surface area contributed by atoms with Crippen LogP contribution in [-0.4, -0.2) is 74.5 Å². The highest BCUT2D eigenvalue weighted by Gasteiger charge is 2.21. The van der Waals surface area contributed by atoms with Crippen LogP contribution < -0.4 is 16.0 Å². The van der Waals surface area contributed by atoms with Crippen molar-refractivity contribution in [1.82, 2.24) is 15.0 Å². The molecule has 0 aliphatic carbocycles. The number of amides is 1. The van der Waals surface area contributed by atoms with Crippen LogP contribution in [-0.2, 0) is 44.7 Å². The van der Waals surface area contributed by atoms with Gasteiger partial charge in [-0.15, -0.1) is 10.2 Å².